The van der Waals surface area contributed by atoms with Crippen LogP contribution < -0.4 is 5.73 Å². The van der Waals surface area contributed by atoms with E-state index in [9.17, 15) is 0 Å². The van der Waals surface area contributed by atoms with Gasteiger partial charge in [0.2, 0.25) is 0 Å². The van der Waals surface area contributed by atoms with Gasteiger partial charge in [-0.3, -0.25) is 4.90 Å². The maximum absolute atomic E-state index is 5.95. The fourth-order valence-corrected chi connectivity index (χ4v) is 2.98. The van der Waals surface area contributed by atoms with Gasteiger partial charge in [-0.05, 0) is 42.8 Å². The van der Waals surface area contributed by atoms with Crippen LogP contribution in [0.3, 0.4) is 0 Å². The van der Waals surface area contributed by atoms with Crippen molar-refractivity contribution in [1.82, 2.24) is 4.90 Å². The van der Waals surface area contributed by atoms with Gasteiger partial charge in [0.1, 0.15) is 0 Å². The first-order valence-corrected chi connectivity index (χ1v) is 7.55. The van der Waals surface area contributed by atoms with Crippen LogP contribution in [-0.4, -0.2) is 30.8 Å². The average Bonchev–Trinajstić information content (AvgIpc) is 2.78. The lowest BCUT2D eigenvalue weighted by Crippen LogP contribution is -2.31. The summed E-state index contributed by atoms with van der Waals surface area (Å²) in [6.45, 7) is 5.41. The minimum Gasteiger partial charge on any atom is -0.329 e. The van der Waals surface area contributed by atoms with Gasteiger partial charge >= 0.3 is 0 Å². The molecule has 0 aromatic heterocycles. The summed E-state index contributed by atoms with van der Waals surface area (Å²) in [6.07, 6.45) is 3.41. The zero-order valence-electron chi connectivity index (χ0n) is 10.7. The lowest BCUT2D eigenvalue weighted by atomic mass is 10.1. The lowest BCUT2D eigenvalue weighted by Gasteiger charge is -2.27. The molecule has 2 atom stereocenters. The third-order valence-electron chi connectivity index (χ3n) is 3.62. The number of likely N-dealkylation sites (tertiary alicyclic amines) is 1. The molecule has 94 valence electrons. The van der Waals surface area contributed by atoms with Crippen molar-refractivity contribution in [1.29, 1.82) is 0 Å². The van der Waals surface area contributed by atoms with E-state index in [4.69, 9.17) is 5.73 Å². The van der Waals surface area contributed by atoms with Crippen LogP contribution in [0.5, 0.6) is 0 Å². The standard InChI is InChI=1S/C14H22N2S/c1-11-7-8-16(10-11)14(9-15)12-3-5-13(17-2)6-4-12/h3-6,11,14H,7-10,15H2,1-2H3. The largest absolute Gasteiger partial charge is 0.329 e. The van der Waals surface area contributed by atoms with Crippen molar-refractivity contribution >= 4 is 11.8 Å². The zero-order valence-corrected chi connectivity index (χ0v) is 11.5. The van der Waals surface area contributed by atoms with E-state index < -0.39 is 0 Å². The second-order valence-corrected chi connectivity index (χ2v) is 5.79. The molecule has 3 heteroatoms. The van der Waals surface area contributed by atoms with Crippen molar-refractivity contribution in [3.05, 3.63) is 29.8 Å². The molecule has 0 amide bonds. The number of benzene rings is 1. The van der Waals surface area contributed by atoms with Crippen LogP contribution in [0.2, 0.25) is 0 Å². The van der Waals surface area contributed by atoms with Crippen LogP contribution in [0.1, 0.15) is 24.9 Å². The van der Waals surface area contributed by atoms with Gasteiger partial charge in [-0.1, -0.05) is 19.1 Å². The maximum atomic E-state index is 5.95. The number of nitrogens with two attached hydrogens (primary N) is 1. The first-order chi connectivity index (χ1) is 8.24. The number of nitrogens with zero attached hydrogens (tertiary/aromatic N) is 1. The Morgan fingerprint density at radius 2 is 2.12 bits per heavy atom. The molecule has 0 aliphatic carbocycles. The average molecular weight is 250 g/mol. The quantitative estimate of drug-likeness (QED) is 0.833. The van der Waals surface area contributed by atoms with Gasteiger partial charge in [0.05, 0.1) is 0 Å². The molecule has 17 heavy (non-hydrogen) atoms. The number of hydrogen-bond donors (Lipinski definition) is 1. The molecule has 0 bridgehead atoms. The number of rotatable bonds is 4. The van der Waals surface area contributed by atoms with Gasteiger partial charge in [0, 0.05) is 24.0 Å². The lowest BCUT2D eigenvalue weighted by molar-refractivity contribution is 0.243. The Labute approximate surface area is 109 Å². The Kier molecular flexibility index (Phi) is 4.48. The second kappa shape index (κ2) is 5.89. The maximum Gasteiger partial charge on any atom is 0.0470 e. The SMILES string of the molecule is CSc1ccc(C(CN)N2CCC(C)C2)cc1. The zero-order chi connectivity index (χ0) is 12.3. The van der Waals surface area contributed by atoms with Crippen molar-refractivity contribution in [3.8, 4) is 0 Å². The molecule has 2 unspecified atom stereocenters. The molecule has 0 radical (unpaired) electrons. The summed E-state index contributed by atoms with van der Waals surface area (Å²) < 4.78 is 0. The summed E-state index contributed by atoms with van der Waals surface area (Å²) in [4.78, 5) is 3.85. The molecular formula is C14H22N2S. The van der Waals surface area contributed by atoms with Gasteiger partial charge < -0.3 is 5.73 Å². The molecule has 1 aromatic rings. The molecule has 1 fully saturated rings. The van der Waals surface area contributed by atoms with E-state index in [1.165, 1.54) is 30.0 Å². The van der Waals surface area contributed by atoms with Crippen LogP contribution in [0.15, 0.2) is 29.2 Å². The van der Waals surface area contributed by atoms with Crippen LogP contribution in [0.4, 0.5) is 0 Å². The van der Waals surface area contributed by atoms with Gasteiger partial charge in [-0.2, -0.15) is 0 Å². The molecule has 1 saturated heterocycles. The first-order valence-electron chi connectivity index (χ1n) is 6.32. The van der Waals surface area contributed by atoms with Crippen molar-refractivity contribution in [2.75, 3.05) is 25.9 Å². The normalized spacial score (nSPS) is 22.9. The molecule has 1 aliphatic heterocycles. The van der Waals surface area contributed by atoms with Crippen molar-refractivity contribution < 1.29 is 0 Å². The van der Waals surface area contributed by atoms with Gasteiger partial charge in [0.25, 0.3) is 0 Å². The predicted molar refractivity (Wildman–Crippen MR) is 75.4 cm³/mol. The summed E-state index contributed by atoms with van der Waals surface area (Å²) in [6, 6.07) is 9.25. The highest BCUT2D eigenvalue weighted by Gasteiger charge is 2.25. The topological polar surface area (TPSA) is 29.3 Å². The molecule has 1 aromatic carbocycles. The summed E-state index contributed by atoms with van der Waals surface area (Å²) in [5, 5.41) is 0. The Morgan fingerprint density at radius 1 is 1.41 bits per heavy atom. The van der Waals surface area contributed by atoms with Crippen molar-refractivity contribution in [2.24, 2.45) is 11.7 Å². The van der Waals surface area contributed by atoms with E-state index in [2.05, 4.69) is 42.3 Å². The highest BCUT2D eigenvalue weighted by molar-refractivity contribution is 7.98. The Morgan fingerprint density at radius 3 is 2.59 bits per heavy atom. The summed E-state index contributed by atoms with van der Waals surface area (Å²) in [5.41, 5.74) is 7.31. The van der Waals surface area contributed by atoms with E-state index in [0.717, 1.165) is 5.92 Å². The van der Waals surface area contributed by atoms with E-state index >= 15 is 0 Å². The van der Waals surface area contributed by atoms with Gasteiger partial charge in [0.15, 0.2) is 0 Å². The van der Waals surface area contributed by atoms with Gasteiger partial charge in [-0.15, -0.1) is 11.8 Å². The Bertz CT molecular complexity index is 350. The minimum atomic E-state index is 0.399. The van der Waals surface area contributed by atoms with E-state index in [1.54, 1.807) is 11.8 Å². The first kappa shape index (κ1) is 12.9. The van der Waals surface area contributed by atoms with Crippen LogP contribution in [0, 0.1) is 5.92 Å². The number of thioether (sulfide) groups is 1. The highest BCUT2D eigenvalue weighted by Crippen LogP contribution is 2.27. The fourth-order valence-electron chi connectivity index (χ4n) is 2.57. The third-order valence-corrected chi connectivity index (χ3v) is 4.36. The smallest absolute Gasteiger partial charge is 0.0470 e. The summed E-state index contributed by atoms with van der Waals surface area (Å²) in [5.74, 6) is 0.814. The predicted octanol–water partition coefficient (Wildman–Crippen LogP) is 2.75. The summed E-state index contributed by atoms with van der Waals surface area (Å²) in [7, 11) is 0. The van der Waals surface area contributed by atoms with Crippen LogP contribution in [0.25, 0.3) is 0 Å². The van der Waals surface area contributed by atoms with E-state index in [1.807, 2.05) is 0 Å². The van der Waals surface area contributed by atoms with E-state index in [-0.39, 0.29) is 0 Å². The highest BCUT2D eigenvalue weighted by atomic mass is 32.2. The third kappa shape index (κ3) is 3.03. The molecule has 0 saturated carbocycles. The van der Waals surface area contributed by atoms with Crippen LogP contribution in [-0.2, 0) is 0 Å². The molecule has 2 nitrogen and oxygen atoms in total. The fraction of sp³-hybridized carbons (Fsp3) is 0.571. The monoisotopic (exact) mass is 250 g/mol. The molecule has 1 heterocycles. The molecule has 2 rings (SSSR count). The molecular weight excluding hydrogens is 228 g/mol. The molecule has 2 N–H and O–H groups in total. The van der Waals surface area contributed by atoms with E-state index in [0.29, 0.717) is 12.6 Å². The molecule has 0 spiro atoms. The van der Waals surface area contributed by atoms with Crippen LogP contribution >= 0.6 is 11.8 Å². The van der Waals surface area contributed by atoms with Gasteiger partial charge in [-0.25, -0.2) is 0 Å². The Hall–Kier alpha value is -0.510. The number of hydrogen-bond acceptors (Lipinski definition) is 3. The minimum absolute atomic E-state index is 0.399. The van der Waals surface area contributed by atoms with Crippen molar-refractivity contribution in [3.63, 3.8) is 0 Å². The molecule has 1 aliphatic rings. The Balaban J connectivity index is 2.11. The second-order valence-electron chi connectivity index (χ2n) is 4.91. The summed E-state index contributed by atoms with van der Waals surface area (Å²) >= 11 is 1.78. The van der Waals surface area contributed by atoms with Crippen molar-refractivity contribution in [2.45, 2.75) is 24.3 Å².